The maximum Gasteiger partial charge on any atom is 0.168 e. The summed E-state index contributed by atoms with van der Waals surface area (Å²) in [5.74, 6) is 2.29. The standard InChI is InChI=1S/C22H30N6/c1-16(2)14-20-25-21(23-12-11-17-10-7-13-27(17)3)19-15-24-28(22(19)26-20)18-8-5-4-6-9-18/h4-6,8-9,15-17H,7,10-14H2,1-3H3,(H,23,25,26). The van der Waals surface area contributed by atoms with Crippen LogP contribution in [0.1, 0.15) is 38.9 Å². The summed E-state index contributed by atoms with van der Waals surface area (Å²) in [4.78, 5) is 12.2. The van der Waals surface area contributed by atoms with Crippen molar-refractivity contribution in [2.24, 2.45) is 5.92 Å². The average molecular weight is 379 g/mol. The van der Waals surface area contributed by atoms with Crippen molar-refractivity contribution in [2.45, 2.75) is 45.6 Å². The lowest BCUT2D eigenvalue weighted by atomic mass is 10.1. The molecule has 1 fully saturated rings. The molecule has 148 valence electrons. The summed E-state index contributed by atoms with van der Waals surface area (Å²) >= 11 is 0. The number of likely N-dealkylation sites (tertiary alicyclic amines) is 1. The second-order valence-corrected chi connectivity index (χ2v) is 8.21. The van der Waals surface area contributed by atoms with Crippen LogP contribution in [-0.2, 0) is 6.42 Å². The highest BCUT2D eigenvalue weighted by molar-refractivity contribution is 5.87. The van der Waals surface area contributed by atoms with E-state index in [2.05, 4.69) is 48.3 Å². The van der Waals surface area contributed by atoms with Gasteiger partial charge in [0.05, 0.1) is 17.3 Å². The van der Waals surface area contributed by atoms with Gasteiger partial charge in [-0.05, 0) is 50.9 Å². The van der Waals surface area contributed by atoms with Crippen LogP contribution in [0.25, 0.3) is 16.7 Å². The monoisotopic (exact) mass is 378 g/mol. The number of benzene rings is 1. The van der Waals surface area contributed by atoms with E-state index in [1.54, 1.807) is 0 Å². The van der Waals surface area contributed by atoms with Gasteiger partial charge in [-0.1, -0.05) is 32.0 Å². The van der Waals surface area contributed by atoms with Crippen molar-refractivity contribution in [3.05, 3.63) is 42.4 Å². The van der Waals surface area contributed by atoms with E-state index in [1.165, 1.54) is 19.4 Å². The van der Waals surface area contributed by atoms with Gasteiger partial charge in [0, 0.05) is 19.0 Å². The fraction of sp³-hybridized carbons (Fsp3) is 0.500. The van der Waals surface area contributed by atoms with Crippen molar-refractivity contribution < 1.29 is 0 Å². The van der Waals surface area contributed by atoms with Crippen molar-refractivity contribution in [1.29, 1.82) is 0 Å². The molecule has 6 heteroatoms. The van der Waals surface area contributed by atoms with E-state index in [-0.39, 0.29) is 0 Å². The zero-order valence-electron chi connectivity index (χ0n) is 17.1. The minimum atomic E-state index is 0.505. The van der Waals surface area contributed by atoms with E-state index >= 15 is 0 Å². The highest BCUT2D eigenvalue weighted by Gasteiger charge is 2.20. The predicted molar refractivity (Wildman–Crippen MR) is 114 cm³/mol. The van der Waals surface area contributed by atoms with E-state index in [9.17, 15) is 0 Å². The third kappa shape index (κ3) is 4.02. The summed E-state index contributed by atoms with van der Waals surface area (Å²) < 4.78 is 1.91. The number of para-hydroxylation sites is 1. The van der Waals surface area contributed by atoms with E-state index < -0.39 is 0 Å². The zero-order chi connectivity index (χ0) is 19.5. The topological polar surface area (TPSA) is 58.9 Å². The second-order valence-electron chi connectivity index (χ2n) is 8.21. The van der Waals surface area contributed by atoms with Gasteiger partial charge in [-0.3, -0.25) is 0 Å². The van der Waals surface area contributed by atoms with Crippen LogP contribution >= 0.6 is 0 Å². The number of aromatic nitrogens is 4. The number of nitrogens with one attached hydrogen (secondary N) is 1. The predicted octanol–water partition coefficient (Wildman–Crippen LogP) is 3.91. The summed E-state index contributed by atoms with van der Waals surface area (Å²) in [5, 5.41) is 9.17. The van der Waals surface area contributed by atoms with Crippen LogP contribution in [0.2, 0.25) is 0 Å². The molecule has 28 heavy (non-hydrogen) atoms. The highest BCUT2D eigenvalue weighted by atomic mass is 15.3. The average Bonchev–Trinajstić information content (AvgIpc) is 3.28. The first kappa shape index (κ1) is 18.9. The van der Waals surface area contributed by atoms with Gasteiger partial charge in [0.25, 0.3) is 0 Å². The summed E-state index contributed by atoms with van der Waals surface area (Å²) in [6.07, 6.45) is 6.47. The Hall–Kier alpha value is -2.47. The Labute approximate surface area is 167 Å². The summed E-state index contributed by atoms with van der Waals surface area (Å²) in [5.41, 5.74) is 1.89. The van der Waals surface area contributed by atoms with Crippen LogP contribution in [-0.4, -0.2) is 50.8 Å². The molecule has 3 heterocycles. The Morgan fingerprint density at radius 2 is 2.00 bits per heavy atom. The minimum absolute atomic E-state index is 0.505. The molecular formula is C22H30N6. The fourth-order valence-electron chi connectivity index (χ4n) is 4.00. The lowest BCUT2D eigenvalue weighted by molar-refractivity contribution is 0.301. The number of anilines is 1. The molecule has 0 bridgehead atoms. The first-order chi connectivity index (χ1) is 13.6. The Bertz CT molecular complexity index is 917. The van der Waals surface area contributed by atoms with Gasteiger partial charge in [0.15, 0.2) is 5.65 Å². The molecule has 1 aromatic carbocycles. The number of rotatable bonds is 7. The van der Waals surface area contributed by atoms with Crippen LogP contribution in [0.5, 0.6) is 0 Å². The van der Waals surface area contributed by atoms with Gasteiger partial charge in [-0.25, -0.2) is 14.6 Å². The lowest BCUT2D eigenvalue weighted by Crippen LogP contribution is -2.27. The molecule has 1 atom stereocenters. The molecule has 6 nitrogen and oxygen atoms in total. The van der Waals surface area contributed by atoms with Gasteiger partial charge in [-0.2, -0.15) is 5.10 Å². The molecular weight excluding hydrogens is 348 g/mol. The summed E-state index contributed by atoms with van der Waals surface area (Å²) in [6, 6.07) is 10.8. The number of hydrogen-bond donors (Lipinski definition) is 1. The quantitative estimate of drug-likeness (QED) is 0.675. The lowest BCUT2D eigenvalue weighted by Gasteiger charge is -2.19. The molecule has 1 N–H and O–H groups in total. The van der Waals surface area contributed by atoms with Crippen molar-refractivity contribution in [3.63, 3.8) is 0 Å². The maximum atomic E-state index is 4.85. The molecule has 3 aromatic rings. The maximum absolute atomic E-state index is 4.85. The molecule has 0 aliphatic carbocycles. The highest BCUT2D eigenvalue weighted by Crippen LogP contribution is 2.24. The largest absolute Gasteiger partial charge is 0.369 e. The van der Waals surface area contributed by atoms with E-state index in [0.29, 0.717) is 12.0 Å². The van der Waals surface area contributed by atoms with Gasteiger partial charge >= 0.3 is 0 Å². The molecule has 0 radical (unpaired) electrons. The number of hydrogen-bond acceptors (Lipinski definition) is 5. The minimum Gasteiger partial charge on any atom is -0.369 e. The van der Waals surface area contributed by atoms with Crippen LogP contribution in [0.15, 0.2) is 36.5 Å². The first-order valence-corrected chi connectivity index (χ1v) is 10.4. The molecule has 4 rings (SSSR count). The van der Waals surface area contributed by atoms with Gasteiger partial charge < -0.3 is 10.2 Å². The first-order valence-electron chi connectivity index (χ1n) is 10.4. The zero-order valence-corrected chi connectivity index (χ0v) is 17.1. The van der Waals surface area contributed by atoms with Crippen LogP contribution in [0.3, 0.4) is 0 Å². The summed E-state index contributed by atoms with van der Waals surface area (Å²) in [7, 11) is 2.23. The van der Waals surface area contributed by atoms with Crippen LogP contribution in [0, 0.1) is 5.92 Å². The van der Waals surface area contributed by atoms with Gasteiger partial charge in [-0.15, -0.1) is 0 Å². The fourth-order valence-corrected chi connectivity index (χ4v) is 4.00. The van der Waals surface area contributed by atoms with Gasteiger partial charge in [0.2, 0.25) is 0 Å². The SMILES string of the molecule is CC(C)Cc1nc(NCCC2CCCN2C)c2cnn(-c3ccccc3)c2n1. The molecule has 1 aliphatic rings. The van der Waals surface area contributed by atoms with Crippen LogP contribution < -0.4 is 5.32 Å². The molecule has 0 saturated carbocycles. The Balaban J connectivity index is 1.63. The smallest absolute Gasteiger partial charge is 0.168 e. The Morgan fingerprint density at radius 3 is 2.71 bits per heavy atom. The van der Waals surface area contributed by atoms with E-state index in [4.69, 9.17) is 9.97 Å². The number of nitrogens with zero attached hydrogens (tertiary/aromatic N) is 5. The summed E-state index contributed by atoms with van der Waals surface area (Å²) in [6.45, 7) is 6.53. The third-order valence-corrected chi connectivity index (χ3v) is 5.51. The molecule has 1 unspecified atom stereocenters. The number of fused-ring (bicyclic) bond motifs is 1. The van der Waals surface area contributed by atoms with E-state index in [0.717, 1.165) is 47.7 Å². The van der Waals surface area contributed by atoms with Crippen molar-refractivity contribution in [1.82, 2.24) is 24.6 Å². The van der Waals surface area contributed by atoms with E-state index in [1.807, 2.05) is 29.1 Å². The second kappa shape index (κ2) is 8.27. The van der Waals surface area contributed by atoms with Crippen molar-refractivity contribution in [3.8, 4) is 5.69 Å². The normalized spacial score (nSPS) is 17.6. The third-order valence-electron chi connectivity index (χ3n) is 5.51. The van der Waals surface area contributed by atoms with Gasteiger partial charge in [0.1, 0.15) is 11.6 Å². The molecule has 0 spiro atoms. The molecule has 1 saturated heterocycles. The Kier molecular flexibility index (Phi) is 5.57. The molecule has 2 aromatic heterocycles. The van der Waals surface area contributed by atoms with Crippen molar-refractivity contribution >= 4 is 16.9 Å². The molecule has 1 aliphatic heterocycles. The van der Waals surface area contributed by atoms with Crippen molar-refractivity contribution in [2.75, 3.05) is 25.5 Å². The Morgan fingerprint density at radius 1 is 1.18 bits per heavy atom. The molecule has 0 amide bonds. The van der Waals surface area contributed by atoms with Crippen LogP contribution in [0.4, 0.5) is 5.82 Å².